The molecule has 0 heterocycles. The van der Waals surface area contributed by atoms with Crippen molar-refractivity contribution in [2.75, 3.05) is 5.73 Å². The van der Waals surface area contributed by atoms with Crippen molar-refractivity contribution in [3.05, 3.63) is 53.3 Å². The van der Waals surface area contributed by atoms with Crippen molar-refractivity contribution in [1.82, 2.24) is 5.32 Å². The second kappa shape index (κ2) is 8.67. The second-order valence-corrected chi connectivity index (χ2v) is 5.44. The third-order valence-corrected chi connectivity index (χ3v) is 3.49. The molecule has 7 N–H and O–H groups in total. The number of rotatable bonds is 7. The van der Waals surface area contributed by atoms with E-state index in [-0.39, 0.29) is 17.7 Å². The Hall–Kier alpha value is -2.89. The molecular formula is C18H25N5O. The summed E-state index contributed by atoms with van der Waals surface area (Å²) < 4.78 is 0. The molecule has 6 heteroatoms. The molecule has 0 aliphatic carbocycles. The molecule has 1 atom stereocenters. The Labute approximate surface area is 142 Å². The quantitative estimate of drug-likeness (QED) is 0.228. The zero-order valence-electron chi connectivity index (χ0n) is 14.3. The predicted octanol–water partition coefficient (Wildman–Crippen LogP) is 2.54. The average Bonchev–Trinajstić information content (AvgIpc) is 2.54. The summed E-state index contributed by atoms with van der Waals surface area (Å²) in [5.74, 6) is -0.439. The van der Waals surface area contributed by atoms with Crippen molar-refractivity contribution in [1.29, 1.82) is 10.8 Å². The first-order chi connectivity index (χ1) is 11.3. The van der Waals surface area contributed by atoms with E-state index in [2.05, 4.69) is 5.32 Å². The number of carbonyl (C=O) groups is 1. The van der Waals surface area contributed by atoms with Gasteiger partial charge in [-0.1, -0.05) is 26.0 Å². The van der Waals surface area contributed by atoms with Crippen LogP contribution in [0.25, 0.3) is 0 Å². The zero-order valence-corrected chi connectivity index (χ0v) is 14.3. The Kier molecular flexibility index (Phi) is 6.92. The summed E-state index contributed by atoms with van der Waals surface area (Å²) in [4.78, 5) is 11.6. The lowest BCUT2D eigenvalue weighted by Gasteiger charge is -2.15. The van der Waals surface area contributed by atoms with Gasteiger partial charge >= 0.3 is 0 Å². The summed E-state index contributed by atoms with van der Waals surface area (Å²) in [6.45, 7) is 5.49. The molecule has 0 saturated heterocycles. The molecule has 0 bridgehead atoms. The molecule has 6 nitrogen and oxygen atoms in total. The zero-order chi connectivity index (χ0) is 18.3. The van der Waals surface area contributed by atoms with Crippen molar-refractivity contribution < 1.29 is 4.79 Å². The van der Waals surface area contributed by atoms with Gasteiger partial charge in [0.25, 0.3) is 0 Å². The lowest BCUT2D eigenvalue weighted by atomic mass is 9.94. The molecule has 0 spiro atoms. The average molecular weight is 327 g/mol. The largest absolute Gasteiger partial charge is 0.398 e. The van der Waals surface area contributed by atoms with Crippen LogP contribution >= 0.6 is 0 Å². The third kappa shape index (κ3) is 5.08. The van der Waals surface area contributed by atoms with Crippen molar-refractivity contribution in [3.8, 4) is 0 Å². The number of carbonyl (C=O) groups excluding carboxylic acids is 1. The molecule has 1 unspecified atom stereocenters. The number of hydrogen-bond donors (Lipinski definition) is 5. The van der Waals surface area contributed by atoms with Crippen molar-refractivity contribution in [2.24, 2.45) is 11.7 Å². The van der Waals surface area contributed by atoms with Gasteiger partial charge in [-0.05, 0) is 31.2 Å². The number of nitrogens with two attached hydrogens (primary N) is 2. The van der Waals surface area contributed by atoms with Crippen LogP contribution in [-0.2, 0) is 4.79 Å². The first kappa shape index (κ1) is 19.2. The van der Waals surface area contributed by atoms with Crippen molar-refractivity contribution in [2.45, 2.75) is 27.2 Å². The van der Waals surface area contributed by atoms with E-state index in [9.17, 15) is 4.79 Å². The van der Waals surface area contributed by atoms with Gasteiger partial charge in [0.15, 0.2) is 0 Å². The first-order valence-corrected chi connectivity index (χ1v) is 7.77. The summed E-state index contributed by atoms with van der Waals surface area (Å²) in [5, 5.41) is 18.7. The van der Waals surface area contributed by atoms with Gasteiger partial charge in [0, 0.05) is 40.6 Å². The number of amidine groups is 1. The molecule has 1 rings (SSSR count). The lowest BCUT2D eigenvalue weighted by molar-refractivity contribution is -0.120. The number of nitrogens with one attached hydrogen (secondary N) is 3. The number of benzene rings is 1. The maximum atomic E-state index is 11.6. The van der Waals surface area contributed by atoms with Gasteiger partial charge in [0.2, 0.25) is 5.91 Å². The van der Waals surface area contributed by atoms with Gasteiger partial charge in [-0.3, -0.25) is 10.2 Å². The molecule has 1 aromatic carbocycles. The van der Waals surface area contributed by atoms with Gasteiger partial charge in [-0.2, -0.15) is 0 Å². The van der Waals surface area contributed by atoms with Crippen LogP contribution < -0.4 is 16.8 Å². The minimum absolute atomic E-state index is 0.0722. The van der Waals surface area contributed by atoms with E-state index in [0.29, 0.717) is 34.6 Å². The Morgan fingerprint density at radius 1 is 1.38 bits per heavy atom. The van der Waals surface area contributed by atoms with Crippen LogP contribution in [0.1, 0.15) is 38.3 Å². The van der Waals surface area contributed by atoms with Gasteiger partial charge < -0.3 is 22.2 Å². The summed E-state index contributed by atoms with van der Waals surface area (Å²) >= 11 is 0. The molecule has 24 heavy (non-hydrogen) atoms. The van der Waals surface area contributed by atoms with Crippen molar-refractivity contribution in [3.63, 3.8) is 0 Å². The molecule has 1 aromatic rings. The number of anilines is 1. The Morgan fingerprint density at radius 2 is 2.04 bits per heavy atom. The third-order valence-electron chi connectivity index (χ3n) is 3.49. The van der Waals surface area contributed by atoms with Crippen LogP contribution in [0.15, 0.2) is 42.1 Å². The lowest BCUT2D eigenvalue weighted by Crippen LogP contribution is -2.22. The number of allylic oxidation sites excluding steroid dienone is 3. The molecule has 0 aliphatic rings. The fraction of sp³-hybridized carbons (Fsp3) is 0.278. The van der Waals surface area contributed by atoms with E-state index in [0.717, 1.165) is 0 Å². The molecule has 0 saturated carbocycles. The maximum Gasteiger partial charge on any atom is 0.224 e. The molecule has 128 valence electrons. The fourth-order valence-corrected chi connectivity index (χ4v) is 2.12. The number of amides is 1. The highest BCUT2D eigenvalue weighted by Crippen LogP contribution is 2.19. The Balaban J connectivity index is 3.13. The molecule has 0 fully saturated rings. The maximum absolute atomic E-state index is 11.6. The predicted molar refractivity (Wildman–Crippen MR) is 99.2 cm³/mol. The topological polar surface area (TPSA) is 129 Å². The standard InChI is InChI=1S/C18H25N5O/c1-4-6-13(23-16(24)5-2)9-11(3)17(20)14-10-12(18(21)22)7-8-15(14)19/h4,6-11,20H,5,19H2,1-3H3,(H3,21,22)(H,23,24)/b6-4-,13-9+,20-17?. The van der Waals surface area contributed by atoms with E-state index in [4.69, 9.17) is 22.3 Å². The minimum atomic E-state index is -0.280. The van der Waals surface area contributed by atoms with Gasteiger partial charge in [-0.15, -0.1) is 0 Å². The van der Waals surface area contributed by atoms with E-state index in [1.807, 2.05) is 19.9 Å². The molecule has 1 amide bonds. The first-order valence-electron chi connectivity index (χ1n) is 7.77. The molecule has 0 aromatic heterocycles. The Morgan fingerprint density at radius 3 is 2.58 bits per heavy atom. The summed E-state index contributed by atoms with van der Waals surface area (Å²) in [6, 6.07) is 4.94. The fourth-order valence-electron chi connectivity index (χ4n) is 2.12. The van der Waals surface area contributed by atoms with Crippen LogP contribution in [0.4, 0.5) is 5.69 Å². The second-order valence-electron chi connectivity index (χ2n) is 5.44. The molecule has 0 aliphatic heterocycles. The number of hydrogen-bond acceptors (Lipinski definition) is 4. The van der Waals surface area contributed by atoms with Gasteiger partial charge in [0.1, 0.15) is 5.84 Å². The summed E-state index contributed by atoms with van der Waals surface area (Å²) in [6.07, 6.45) is 5.79. The molecular weight excluding hydrogens is 302 g/mol. The smallest absolute Gasteiger partial charge is 0.224 e. The monoisotopic (exact) mass is 327 g/mol. The highest BCUT2D eigenvalue weighted by atomic mass is 16.1. The van der Waals surface area contributed by atoms with Crippen LogP contribution in [-0.4, -0.2) is 17.5 Å². The van der Waals surface area contributed by atoms with E-state index in [1.54, 1.807) is 37.3 Å². The van der Waals surface area contributed by atoms with Crippen LogP contribution in [0.2, 0.25) is 0 Å². The van der Waals surface area contributed by atoms with E-state index >= 15 is 0 Å². The summed E-state index contributed by atoms with van der Waals surface area (Å²) in [5.41, 5.74) is 13.9. The normalized spacial score (nSPS) is 12.9. The SMILES string of the molecule is C/C=C\C(=C/C(C)C(=N)c1cc(C(=N)N)ccc1N)NC(=O)CC. The highest BCUT2D eigenvalue weighted by molar-refractivity contribution is 6.07. The van der Waals surface area contributed by atoms with Crippen LogP contribution in [0, 0.1) is 16.7 Å². The van der Waals surface area contributed by atoms with Crippen molar-refractivity contribution >= 4 is 23.1 Å². The minimum Gasteiger partial charge on any atom is -0.398 e. The highest BCUT2D eigenvalue weighted by Gasteiger charge is 2.14. The van der Waals surface area contributed by atoms with Gasteiger partial charge in [0.05, 0.1) is 0 Å². The Bertz CT molecular complexity index is 703. The summed E-state index contributed by atoms with van der Waals surface area (Å²) in [7, 11) is 0. The van der Waals surface area contributed by atoms with E-state index < -0.39 is 0 Å². The van der Waals surface area contributed by atoms with Crippen LogP contribution in [0.3, 0.4) is 0 Å². The van der Waals surface area contributed by atoms with Crippen LogP contribution in [0.5, 0.6) is 0 Å². The van der Waals surface area contributed by atoms with Gasteiger partial charge in [-0.25, -0.2) is 0 Å². The molecule has 0 radical (unpaired) electrons. The number of nitrogen functional groups attached to an aromatic ring is 2. The van der Waals surface area contributed by atoms with E-state index in [1.165, 1.54) is 0 Å².